The lowest BCUT2D eigenvalue weighted by atomic mass is 9.77. The highest BCUT2D eigenvalue weighted by molar-refractivity contribution is 6.28. The molecule has 4 aromatic carbocycles. The fourth-order valence-electron chi connectivity index (χ4n) is 5.22. The number of carbonyl (C=O) groups is 4. The number of para-hydroxylation sites is 2. The Kier molecular flexibility index (Phi) is 6.95. The van der Waals surface area contributed by atoms with E-state index < -0.39 is 29.0 Å². The molecule has 0 aromatic heterocycles. The molecule has 8 nitrogen and oxygen atoms in total. The predicted molar refractivity (Wildman–Crippen MR) is 161 cm³/mol. The molecule has 0 bridgehead atoms. The van der Waals surface area contributed by atoms with E-state index in [0.717, 1.165) is 20.9 Å². The van der Waals surface area contributed by atoms with Gasteiger partial charge in [-0.05, 0) is 36.4 Å². The number of anilines is 2. The van der Waals surface area contributed by atoms with Crippen molar-refractivity contribution in [1.29, 1.82) is 0 Å². The Labute approximate surface area is 248 Å². The number of imide groups is 2. The first-order valence-corrected chi connectivity index (χ1v) is 13.6. The molecule has 2 aliphatic rings. The topological polar surface area (TPSA) is 93.2 Å². The van der Waals surface area contributed by atoms with Crippen LogP contribution in [0.1, 0.15) is 25.0 Å². The van der Waals surface area contributed by atoms with Crippen molar-refractivity contribution in [2.45, 2.75) is 19.3 Å². The van der Waals surface area contributed by atoms with Crippen LogP contribution in [-0.2, 0) is 24.6 Å². The van der Waals surface area contributed by atoms with Crippen LogP contribution >= 0.6 is 0 Å². The van der Waals surface area contributed by atoms with Crippen LogP contribution in [0.5, 0.6) is 23.0 Å². The van der Waals surface area contributed by atoms with E-state index in [-0.39, 0.29) is 0 Å². The minimum Gasteiger partial charge on any atom is -0.457 e. The summed E-state index contributed by atoms with van der Waals surface area (Å²) in [6.07, 6.45) is 4.97. The Morgan fingerprint density at radius 3 is 1.26 bits per heavy atom. The summed E-state index contributed by atoms with van der Waals surface area (Å²) in [5.74, 6) is 0.518. The molecular weight excluding hydrogens is 544 g/mol. The number of hydrogen-bond acceptors (Lipinski definition) is 6. The van der Waals surface area contributed by atoms with Gasteiger partial charge in [0.25, 0.3) is 23.6 Å². The molecule has 43 heavy (non-hydrogen) atoms. The molecule has 4 amide bonds. The van der Waals surface area contributed by atoms with Gasteiger partial charge < -0.3 is 9.47 Å². The van der Waals surface area contributed by atoms with Crippen molar-refractivity contribution in [1.82, 2.24) is 0 Å². The number of hydrogen-bond donors (Lipinski definition) is 0. The van der Waals surface area contributed by atoms with E-state index in [0.29, 0.717) is 34.4 Å². The molecule has 0 spiro atoms. The van der Waals surface area contributed by atoms with Crippen LogP contribution < -0.4 is 19.3 Å². The summed E-state index contributed by atoms with van der Waals surface area (Å²) in [4.78, 5) is 51.0. The molecule has 0 saturated carbocycles. The van der Waals surface area contributed by atoms with Crippen LogP contribution in [-0.4, -0.2) is 23.6 Å². The molecule has 6 rings (SSSR count). The maximum atomic E-state index is 12.2. The minimum absolute atomic E-state index is 0.402. The van der Waals surface area contributed by atoms with Gasteiger partial charge in [-0.2, -0.15) is 0 Å². The second kappa shape index (κ2) is 10.9. The van der Waals surface area contributed by atoms with Gasteiger partial charge in [0, 0.05) is 53.0 Å². The van der Waals surface area contributed by atoms with E-state index >= 15 is 0 Å². The average Bonchev–Trinajstić information content (AvgIpc) is 3.52. The van der Waals surface area contributed by atoms with Crippen LogP contribution in [0.3, 0.4) is 0 Å². The van der Waals surface area contributed by atoms with Crippen molar-refractivity contribution < 1.29 is 28.7 Å². The summed E-state index contributed by atoms with van der Waals surface area (Å²) in [6, 6.07) is 29.0. The zero-order valence-electron chi connectivity index (χ0n) is 23.4. The molecule has 0 fully saturated rings. The van der Waals surface area contributed by atoms with Crippen molar-refractivity contribution in [2.75, 3.05) is 9.80 Å². The standard InChI is InChI=1S/C35H26N2O6/c1-35(2,27-13-3-5-15-29(27)42-25-11-7-9-23(21-25)36-31(38)17-18-32(36)39)28-14-4-6-16-30(28)43-26-12-8-10-24(22-26)37-33(40)19-20-34(37)41/h3-22H,1-2H3. The lowest BCUT2D eigenvalue weighted by molar-refractivity contribution is -0.121. The Hall–Kier alpha value is -5.76. The highest BCUT2D eigenvalue weighted by Gasteiger charge is 2.31. The number of nitrogens with zero attached hydrogens (tertiary/aromatic N) is 2. The number of ether oxygens (including phenoxy) is 2. The monoisotopic (exact) mass is 570 g/mol. The van der Waals surface area contributed by atoms with Gasteiger partial charge in [0.15, 0.2) is 0 Å². The van der Waals surface area contributed by atoms with Gasteiger partial charge >= 0.3 is 0 Å². The Bertz CT molecular complexity index is 1690. The third-order valence-electron chi connectivity index (χ3n) is 7.35. The van der Waals surface area contributed by atoms with Crippen LogP contribution in [0.4, 0.5) is 11.4 Å². The van der Waals surface area contributed by atoms with Crippen LogP contribution in [0, 0.1) is 0 Å². The van der Waals surface area contributed by atoms with E-state index in [2.05, 4.69) is 13.8 Å². The molecule has 2 heterocycles. The molecule has 4 aromatic rings. The zero-order valence-corrected chi connectivity index (χ0v) is 23.4. The number of benzene rings is 4. The number of carbonyl (C=O) groups excluding carboxylic acids is 4. The molecule has 2 aliphatic heterocycles. The van der Waals surface area contributed by atoms with Crippen molar-refractivity contribution in [2.24, 2.45) is 0 Å². The van der Waals surface area contributed by atoms with Gasteiger partial charge in [-0.15, -0.1) is 0 Å². The van der Waals surface area contributed by atoms with Crippen molar-refractivity contribution in [3.05, 3.63) is 132 Å². The molecule has 0 atom stereocenters. The smallest absolute Gasteiger partial charge is 0.258 e. The Morgan fingerprint density at radius 2 is 0.860 bits per heavy atom. The third-order valence-corrected chi connectivity index (χ3v) is 7.35. The summed E-state index contributed by atoms with van der Waals surface area (Å²) in [7, 11) is 0. The average molecular weight is 571 g/mol. The first-order valence-electron chi connectivity index (χ1n) is 13.6. The molecule has 0 saturated heterocycles. The minimum atomic E-state index is -0.613. The zero-order chi connectivity index (χ0) is 30.1. The van der Waals surface area contributed by atoms with E-state index in [1.54, 1.807) is 48.5 Å². The van der Waals surface area contributed by atoms with E-state index in [9.17, 15) is 19.2 Å². The van der Waals surface area contributed by atoms with E-state index in [1.807, 2.05) is 48.5 Å². The maximum absolute atomic E-state index is 12.2. The molecule has 0 aliphatic carbocycles. The lowest BCUT2D eigenvalue weighted by Gasteiger charge is -2.30. The molecule has 0 unspecified atom stereocenters. The van der Waals surface area contributed by atoms with Gasteiger partial charge in [-0.25, -0.2) is 9.80 Å². The number of amides is 4. The summed E-state index contributed by atoms with van der Waals surface area (Å²) >= 11 is 0. The number of rotatable bonds is 8. The molecule has 0 N–H and O–H groups in total. The normalized spacial score (nSPS) is 14.7. The molecule has 8 heteroatoms. The second-order valence-corrected chi connectivity index (χ2v) is 10.5. The summed E-state index contributed by atoms with van der Waals surface area (Å²) in [6.45, 7) is 4.12. The fraction of sp³-hybridized carbons (Fsp3) is 0.0857. The maximum Gasteiger partial charge on any atom is 0.258 e. The molecule has 0 radical (unpaired) electrons. The van der Waals surface area contributed by atoms with E-state index in [4.69, 9.17) is 9.47 Å². The summed E-state index contributed by atoms with van der Waals surface area (Å²) < 4.78 is 12.7. The summed E-state index contributed by atoms with van der Waals surface area (Å²) in [5.41, 5.74) is 1.98. The first kappa shape index (κ1) is 27.4. The highest BCUT2D eigenvalue weighted by Crippen LogP contribution is 2.44. The lowest BCUT2D eigenvalue weighted by Crippen LogP contribution is -2.29. The van der Waals surface area contributed by atoms with Crippen LogP contribution in [0.2, 0.25) is 0 Å². The van der Waals surface area contributed by atoms with Gasteiger partial charge in [-0.3, -0.25) is 19.2 Å². The molecular formula is C35H26N2O6. The van der Waals surface area contributed by atoms with Crippen molar-refractivity contribution >= 4 is 35.0 Å². The molecule has 212 valence electrons. The van der Waals surface area contributed by atoms with Crippen LogP contribution in [0.15, 0.2) is 121 Å². The van der Waals surface area contributed by atoms with Crippen molar-refractivity contribution in [3.63, 3.8) is 0 Å². The van der Waals surface area contributed by atoms with Gasteiger partial charge in [0.2, 0.25) is 0 Å². The predicted octanol–water partition coefficient (Wildman–Crippen LogP) is 6.46. The third kappa shape index (κ3) is 5.22. The van der Waals surface area contributed by atoms with Crippen molar-refractivity contribution in [3.8, 4) is 23.0 Å². The second-order valence-electron chi connectivity index (χ2n) is 10.5. The summed E-state index contributed by atoms with van der Waals surface area (Å²) in [5, 5.41) is 0. The first-order chi connectivity index (χ1) is 20.7. The van der Waals surface area contributed by atoms with Gasteiger partial charge in [-0.1, -0.05) is 62.4 Å². The van der Waals surface area contributed by atoms with Gasteiger partial charge in [0.1, 0.15) is 23.0 Å². The Balaban J connectivity index is 1.30. The van der Waals surface area contributed by atoms with Gasteiger partial charge in [0.05, 0.1) is 11.4 Å². The van der Waals surface area contributed by atoms with Crippen LogP contribution in [0.25, 0.3) is 0 Å². The fourth-order valence-corrected chi connectivity index (χ4v) is 5.22. The highest BCUT2D eigenvalue weighted by atomic mass is 16.5. The van der Waals surface area contributed by atoms with E-state index in [1.165, 1.54) is 24.3 Å². The Morgan fingerprint density at radius 1 is 0.488 bits per heavy atom. The largest absolute Gasteiger partial charge is 0.457 e. The quantitative estimate of drug-likeness (QED) is 0.226. The SMILES string of the molecule is CC(C)(c1ccccc1Oc1cccc(N2C(=O)C=CC2=O)c1)c1ccccc1Oc1cccc(N2C(=O)C=CC2=O)c1.